The molecule has 11 heteroatoms. The molecule has 0 aliphatic carbocycles. The molecule has 0 saturated carbocycles. The van der Waals surface area contributed by atoms with Crippen molar-refractivity contribution in [3.8, 4) is 10.6 Å². The average Bonchev–Trinajstić information content (AvgIpc) is 3.21. The van der Waals surface area contributed by atoms with Gasteiger partial charge in [0.25, 0.3) is 0 Å². The molecule has 2 aromatic carbocycles. The van der Waals surface area contributed by atoms with Gasteiger partial charge in [0.1, 0.15) is 12.0 Å². The maximum atomic E-state index is 13.2. The van der Waals surface area contributed by atoms with Gasteiger partial charge >= 0.3 is 12.4 Å². The van der Waals surface area contributed by atoms with Crippen molar-refractivity contribution in [1.82, 2.24) is 10.2 Å². The van der Waals surface area contributed by atoms with Gasteiger partial charge < -0.3 is 10.1 Å². The van der Waals surface area contributed by atoms with E-state index in [1.54, 1.807) is 36.4 Å². The summed E-state index contributed by atoms with van der Waals surface area (Å²) >= 11 is 1.34. The molecular weight excluding hydrogens is 468 g/mol. The molecule has 2 heterocycles. The van der Waals surface area contributed by atoms with Gasteiger partial charge in [0, 0.05) is 27.8 Å². The fraction of sp³-hybridized carbons (Fsp3) is 0.136. The van der Waals surface area contributed by atoms with Crippen molar-refractivity contribution in [2.45, 2.75) is 18.8 Å². The number of thiophene rings is 1. The van der Waals surface area contributed by atoms with E-state index in [4.69, 9.17) is 0 Å². The number of halogens is 6. The molecular formula is C22H13F6N3OS. The topological polar surface area (TPSA) is 54.9 Å². The molecule has 0 fully saturated rings. The van der Waals surface area contributed by atoms with E-state index in [0.29, 0.717) is 28.6 Å². The Bertz CT molecular complexity index is 1300. The van der Waals surface area contributed by atoms with Crippen LogP contribution in [0.2, 0.25) is 0 Å². The molecule has 4 rings (SSSR count). The highest BCUT2D eigenvalue weighted by Gasteiger charge is 2.37. The van der Waals surface area contributed by atoms with E-state index >= 15 is 0 Å². The van der Waals surface area contributed by atoms with Crippen LogP contribution in [0.25, 0.3) is 21.3 Å². The monoisotopic (exact) mass is 481 g/mol. The number of anilines is 2. The van der Waals surface area contributed by atoms with Gasteiger partial charge in [-0.3, -0.25) is 0 Å². The molecule has 0 spiro atoms. The molecule has 0 amide bonds. The number of nitrogens with zero attached hydrogens (tertiary/aromatic N) is 2. The highest BCUT2D eigenvalue weighted by atomic mass is 32.1. The van der Waals surface area contributed by atoms with Gasteiger partial charge in [-0.1, -0.05) is 24.3 Å². The Morgan fingerprint density at radius 2 is 1.48 bits per heavy atom. The third kappa shape index (κ3) is 4.82. The van der Waals surface area contributed by atoms with Crippen molar-refractivity contribution < 1.29 is 31.1 Å². The molecule has 4 nitrogen and oxygen atoms in total. The SMILES string of the molecule is O=CCc1ccc(-c2nnc(Nc3cc(C(F)(F)F)cc(C(F)(F)F)c3)c3ccccc23)s1. The van der Waals surface area contributed by atoms with Crippen LogP contribution in [0, 0.1) is 0 Å². The minimum Gasteiger partial charge on any atom is -0.338 e. The zero-order valence-electron chi connectivity index (χ0n) is 16.5. The van der Waals surface area contributed by atoms with E-state index in [-0.39, 0.29) is 18.3 Å². The lowest BCUT2D eigenvalue weighted by Gasteiger charge is -2.16. The van der Waals surface area contributed by atoms with Crippen LogP contribution in [0.4, 0.5) is 37.8 Å². The number of fused-ring (bicyclic) bond motifs is 1. The fourth-order valence-corrected chi connectivity index (χ4v) is 4.19. The Kier molecular flexibility index (Phi) is 5.83. The van der Waals surface area contributed by atoms with E-state index in [9.17, 15) is 31.1 Å². The van der Waals surface area contributed by atoms with Crippen LogP contribution in [0.5, 0.6) is 0 Å². The average molecular weight is 481 g/mol. The third-order valence-corrected chi connectivity index (χ3v) is 5.83. The molecule has 170 valence electrons. The Balaban J connectivity index is 1.80. The van der Waals surface area contributed by atoms with Crippen molar-refractivity contribution in [3.63, 3.8) is 0 Å². The van der Waals surface area contributed by atoms with Crippen molar-refractivity contribution >= 4 is 39.9 Å². The van der Waals surface area contributed by atoms with E-state index in [1.807, 2.05) is 0 Å². The quantitative estimate of drug-likeness (QED) is 0.249. The summed E-state index contributed by atoms with van der Waals surface area (Å²) in [5, 5.41) is 11.8. The van der Waals surface area contributed by atoms with Gasteiger partial charge in [0.15, 0.2) is 5.82 Å². The summed E-state index contributed by atoms with van der Waals surface area (Å²) < 4.78 is 79.1. The number of aromatic nitrogens is 2. The van der Waals surface area contributed by atoms with E-state index in [1.165, 1.54) is 11.3 Å². The van der Waals surface area contributed by atoms with Gasteiger partial charge in [-0.15, -0.1) is 21.5 Å². The number of aldehydes is 1. The first-order chi connectivity index (χ1) is 15.6. The van der Waals surface area contributed by atoms with Crippen LogP contribution in [-0.2, 0) is 23.6 Å². The lowest BCUT2D eigenvalue weighted by molar-refractivity contribution is -0.143. The number of hydrogen-bond donors (Lipinski definition) is 1. The van der Waals surface area contributed by atoms with Crippen LogP contribution in [-0.4, -0.2) is 16.5 Å². The molecule has 0 aliphatic rings. The highest BCUT2D eigenvalue weighted by molar-refractivity contribution is 7.15. The molecule has 0 atom stereocenters. The fourth-order valence-electron chi connectivity index (χ4n) is 3.24. The number of alkyl halides is 6. The number of benzene rings is 2. The van der Waals surface area contributed by atoms with Crippen LogP contribution < -0.4 is 5.32 Å². The Labute approximate surface area is 186 Å². The molecule has 0 bridgehead atoms. The Morgan fingerprint density at radius 3 is 2.09 bits per heavy atom. The molecule has 1 N–H and O–H groups in total. The van der Waals surface area contributed by atoms with Crippen molar-refractivity contribution in [1.29, 1.82) is 0 Å². The number of nitrogens with one attached hydrogen (secondary N) is 1. The maximum Gasteiger partial charge on any atom is 0.416 e. The predicted molar refractivity (Wildman–Crippen MR) is 112 cm³/mol. The summed E-state index contributed by atoms with van der Waals surface area (Å²) in [6.45, 7) is 0. The predicted octanol–water partition coefficient (Wildman–Crippen LogP) is 6.88. The number of carbonyl (C=O) groups excluding carboxylic acids is 1. The van der Waals surface area contributed by atoms with Crippen LogP contribution >= 0.6 is 11.3 Å². The van der Waals surface area contributed by atoms with Crippen LogP contribution in [0.1, 0.15) is 16.0 Å². The van der Waals surface area contributed by atoms with Gasteiger partial charge in [-0.25, -0.2) is 0 Å². The van der Waals surface area contributed by atoms with Gasteiger partial charge in [0.2, 0.25) is 0 Å². The lowest BCUT2D eigenvalue weighted by atomic mass is 10.1. The molecule has 0 saturated heterocycles. The molecule has 4 aromatic rings. The lowest BCUT2D eigenvalue weighted by Crippen LogP contribution is -2.12. The van der Waals surface area contributed by atoms with E-state index < -0.39 is 29.2 Å². The normalized spacial score (nSPS) is 12.2. The van der Waals surface area contributed by atoms with Gasteiger partial charge in [-0.2, -0.15) is 26.3 Å². The largest absolute Gasteiger partial charge is 0.416 e. The van der Waals surface area contributed by atoms with Crippen LogP contribution in [0.15, 0.2) is 54.6 Å². The first-order valence-corrected chi connectivity index (χ1v) is 10.2. The zero-order valence-corrected chi connectivity index (χ0v) is 17.3. The summed E-state index contributed by atoms with van der Waals surface area (Å²) in [6, 6.07) is 11.5. The maximum absolute atomic E-state index is 13.2. The summed E-state index contributed by atoms with van der Waals surface area (Å²) in [7, 11) is 0. The second-order valence-electron chi connectivity index (χ2n) is 7.00. The summed E-state index contributed by atoms with van der Waals surface area (Å²) in [5.41, 5.74) is -2.81. The standard InChI is InChI=1S/C22H13F6N3OS/c23-21(24,25)12-9-13(22(26,27)28)11-14(10-12)29-20-17-4-2-1-3-16(17)19(30-31-20)18-6-5-15(33-18)7-8-32/h1-6,8-11H,7H2,(H,29,31). The number of carbonyl (C=O) groups is 1. The Morgan fingerprint density at radius 1 is 0.848 bits per heavy atom. The van der Waals surface area contributed by atoms with Crippen molar-refractivity contribution in [2.75, 3.05) is 5.32 Å². The number of rotatable bonds is 5. The van der Waals surface area contributed by atoms with Crippen molar-refractivity contribution in [2.24, 2.45) is 0 Å². The first kappa shape index (κ1) is 22.7. The van der Waals surface area contributed by atoms with Crippen LogP contribution in [0.3, 0.4) is 0 Å². The molecule has 33 heavy (non-hydrogen) atoms. The minimum absolute atomic E-state index is 0.00599. The third-order valence-electron chi connectivity index (χ3n) is 4.72. The first-order valence-electron chi connectivity index (χ1n) is 9.41. The smallest absolute Gasteiger partial charge is 0.338 e. The zero-order chi connectivity index (χ0) is 23.8. The minimum atomic E-state index is -4.96. The Hall–Kier alpha value is -3.47. The highest BCUT2D eigenvalue weighted by Crippen LogP contribution is 2.39. The summed E-state index contributed by atoms with van der Waals surface area (Å²) in [4.78, 5) is 12.3. The second-order valence-corrected chi connectivity index (χ2v) is 8.17. The number of hydrogen-bond acceptors (Lipinski definition) is 5. The molecule has 2 aromatic heterocycles. The molecule has 0 unspecified atom stereocenters. The van der Waals surface area contributed by atoms with Gasteiger partial charge in [0.05, 0.1) is 16.0 Å². The van der Waals surface area contributed by atoms with E-state index in [0.717, 1.165) is 16.0 Å². The summed E-state index contributed by atoms with van der Waals surface area (Å²) in [5.74, 6) is 0.00599. The molecule has 0 aliphatic heterocycles. The van der Waals surface area contributed by atoms with Gasteiger partial charge in [-0.05, 0) is 30.3 Å². The van der Waals surface area contributed by atoms with Crippen molar-refractivity contribution in [3.05, 3.63) is 70.6 Å². The summed E-state index contributed by atoms with van der Waals surface area (Å²) in [6.07, 6.45) is -8.91. The van der Waals surface area contributed by atoms with E-state index in [2.05, 4.69) is 15.5 Å². The second kappa shape index (κ2) is 8.47. The molecule has 0 radical (unpaired) electrons.